The predicted molar refractivity (Wildman–Crippen MR) is 156 cm³/mol. The normalized spacial score (nSPS) is 17.7. The summed E-state index contributed by atoms with van der Waals surface area (Å²) in [6.07, 6.45) is 5.83. The number of nitrogens with zero attached hydrogens (tertiary/aromatic N) is 4. The van der Waals surface area contributed by atoms with Crippen LogP contribution in [0.2, 0.25) is 0 Å². The molecule has 8 heteroatoms. The number of hydrogen-bond donors (Lipinski definition) is 1. The summed E-state index contributed by atoms with van der Waals surface area (Å²) in [6.45, 7) is 3.93. The van der Waals surface area contributed by atoms with E-state index in [2.05, 4.69) is 22.4 Å². The summed E-state index contributed by atoms with van der Waals surface area (Å²) >= 11 is 0. The minimum atomic E-state index is -0.855. The Balaban J connectivity index is 1.42. The van der Waals surface area contributed by atoms with Gasteiger partial charge in [-0.1, -0.05) is 48.4 Å². The molecule has 4 aromatic rings. The number of carbonyl (C=O) groups excluding carboxylic acids is 1. The number of benzene rings is 3. The van der Waals surface area contributed by atoms with E-state index in [1.54, 1.807) is 7.11 Å². The van der Waals surface area contributed by atoms with Crippen molar-refractivity contribution in [3.05, 3.63) is 87.5 Å². The van der Waals surface area contributed by atoms with Gasteiger partial charge in [-0.2, -0.15) is 0 Å². The largest absolute Gasteiger partial charge is 0.496 e. The SMILES string of the molecule is COc1cc2ccc1CCCCCCn1nnc3c(C)c(ccc31)[C@H](CC(=O)O)c1ccc3c(c1)CN(CC3)C2=O. The van der Waals surface area contributed by atoms with Gasteiger partial charge in [0.2, 0.25) is 0 Å². The van der Waals surface area contributed by atoms with Crippen molar-refractivity contribution in [2.75, 3.05) is 13.7 Å². The van der Waals surface area contributed by atoms with Gasteiger partial charge in [-0.3, -0.25) is 9.59 Å². The maximum Gasteiger partial charge on any atom is 0.304 e. The van der Waals surface area contributed by atoms with Crippen LogP contribution >= 0.6 is 0 Å². The standard InChI is InChI=1S/C33H36N4O4/c1-21-27-12-13-29-32(21)34-35-37(29)15-6-4-3-5-7-23-9-11-25(18-30(23)41-2)33(40)36-16-14-22-8-10-24(17-26(22)20-36)28(27)19-31(38)39/h8-13,17-18,28H,3-7,14-16,19-20H2,1-2H3,(H,38,39)/t28-/m1/s1. The summed E-state index contributed by atoms with van der Waals surface area (Å²) in [4.78, 5) is 27.5. The smallest absolute Gasteiger partial charge is 0.304 e. The van der Waals surface area contributed by atoms with E-state index in [1.807, 2.05) is 52.9 Å². The van der Waals surface area contributed by atoms with E-state index < -0.39 is 5.97 Å². The lowest BCUT2D eigenvalue weighted by Crippen LogP contribution is -2.36. The van der Waals surface area contributed by atoms with E-state index in [-0.39, 0.29) is 18.2 Å². The zero-order valence-electron chi connectivity index (χ0n) is 23.7. The highest BCUT2D eigenvalue weighted by atomic mass is 16.5. The number of ether oxygens (including phenoxy) is 1. The van der Waals surface area contributed by atoms with Crippen molar-refractivity contribution >= 4 is 22.9 Å². The fourth-order valence-electron chi connectivity index (χ4n) is 6.47. The molecule has 41 heavy (non-hydrogen) atoms. The highest BCUT2D eigenvalue weighted by molar-refractivity contribution is 5.95. The summed E-state index contributed by atoms with van der Waals surface area (Å²) in [7, 11) is 1.66. The number of methoxy groups -OCH3 is 1. The van der Waals surface area contributed by atoms with Gasteiger partial charge in [-0.05, 0) is 84.2 Å². The molecular weight excluding hydrogens is 516 g/mol. The lowest BCUT2D eigenvalue weighted by molar-refractivity contribution is -0.137. The lowest BCUT2D eigenvalue weighted by Gasteiger charge is -2.30. The molecule has 1 aromatic heterocycles. The van der Waals surface area contributed by atoms with Gasteiger partial charge in [0.1, 0.15) is 11.3 Å². The highest BCUT2D eigenvalue weighted by Crippen LogP contribution is 2.35. The minimum Gasteiger partial charge on any atom is -0.496 e. The topological polar surface area (TPSA) is 97.5 Å². The van der Waals surface area contributed by atoms with Gasteiger partial charge >= 0.3 is 5.97 Å². The van der Waals surface area contributed by atoms with Crippen LogP contribution < -0.4 is 4.74 Å². The van der Waals surface area contributed by atoms with Crippen LogP contribution in [0, 0.1) is 6.92 Å². The van der Waals surface area contributed by atoms with Crippen molar-refractivity contribution in [1.29, 1.82) is 0 Å². The third-order valence-electron chi connectivity index (χ3n) is 8.77. The third-order valence-corrected chi connectivity index (χ3v) is 8.77. The molecule has 0 saturated carbocycles. The third kappa shape index (κ3) is 5.31. The molecule has 0 spiro atoms. The second kappa shape index (κ2) is 11.4. The number of carbonyl (C=O) groups is 2. The van der Waals surface area contributed by atoms with Gasteiger partial charge in [0.25, 0.3) is 5.91 Å². The molecule has 0 aliphatic carbocycles. The molecule has 0 fully saturated rings. The molecule has 0 saturated heterocycles. The molecule has 1 atom stereocenters. The maximum absolute atomic E-state index is 13.6. The first kappa shape index (κ1) is 27.0. The van der Waals surface area contributed by atoms with Crippen LogP contribution in [-0.4, -0.2) is 50.5 Å². The zero-order valence-corrected chi connectivity index (χ0v) is 23.7. The number of aromatic nitrogens is 3. The van der Waals surface area contributed by atoms with Crippen LogP contribution in [0.5, 0.6) is 5.75 Å². The number of hydrogen-bond acceptors (Lipinski definition) is 5. The molecule has 3 aromatic carbocycles. The fourth-order valence-corrected chi connectivity index (χ4v) is 6.47. The quantitative estimate of drug-likeness (QED) is 0.352. The van der Waals surface area contributed by atoms with Crippen molar-refractivity contribution in [2.24, 2.45) is 0 Å². The molecule has 9 rings (SSSR count). The molecule has 0 radical (unpaired) electrons. The molecule has 8 nitrogen and oxygen atoms in total. The second-order valence-corrected chi connectivity index (χ2v) is 11.3. The zero-order chi connectivity index (χ0) is 28.5. The Morgan fingerprint density at radius 2 is 1.80 bits per heavy atom. The summed E-state index contributed by atoms with van der Waals surface area (Å²) < 4.78 is 7.66. The van der Waals surface area contributed by atoms with E-state index in [1.165, 1.54) is 5.56 Å². The van der Waals surface area contributed by atoms with Crippen molar-refractivity contribution in [3.63, 3.8) is 0 Å². The van der Waals surface area contributed by atoms with Gasteiger partial charge in [0, 0.05) is 31.1 Å². The molecule has 0 unspecified atom stereocenters. The van der Waals surface area contributed by atoms with Crippen LogP contribution in [0.1, 0.15) is 81.8 Å². The Hall–Kier alpha value is -4.20. The molecule has 212 valence electrons. The van der Waals surface area contributed by atoms with Gasteiger partial charge in [-0.25, -0.2) is 4.68 Å². The average molecular weight is 553 g/mol. The van der Waals surface area contributed by atoms with E-state index in [9.17, 15) is 14.7 Å². The highest BCUT2D eigenvalue weighted by Gasteiger charge is 2.26. The Bertz CT molecular complexity index is 1630. The van der Waals surface area contributed by atoms with Crippen molar-refractivity contribution in [1.82, 2.24) is 19.9 Å². The number of aliphatic carboxylic acids is 1. The van der Waals surface area contributed by atoms with Gasteiger partial charge in [0.05, 0.1) is 19.0 Å². The van der Waals surface area contributed by atoms with Crippen LogP contribution in [0.3, 0.4) is 0 Å². The second-order valence-electron chi connectivity index (χ2n) is 11.3. The lowest BCUT2D eigenvalue weighted by atomic mass is 9.83. The molecule has 6 heterocycles. The van der Waals surface area contributed by atoms with Gasteiger partial charge in [0.15, 0.2) is 0 Å². The predicted octanol–water partition coefficient (Wildman–Crippen LogP) is 5.67. The van der Waals surface area contributed by atoms with Crippen LogP contribution in [-0.2, 0) is 30.7 Å². The van der Waals surface area contributed by atoms with Crippen molar-refractivity contribution in [2.45, 2.75) is 70.9 Å². The molecular formula is C33H36N4O4. The summed E-state index contributed by atoms with van der Waals surface area (Å²) in [6, 6.07) is 16.1. The number of rotatable bonds is 3. The van der Waals surface area contributed by atoms with E-state index in [0.717, 1.165) is 89.7 Å². The van der Waals surface area contributed by atoms with E-state index in [0.29, 0.717) is 18.7 Å². The first-order chi connectivity index (χ1) is 19.9. The molecule has 1 N–H and O–H groups in total. The van der Waals surface area contributed by atoms with Crippen molar-refractivity contribution < 1.29 is 19.4 Å². The number of carboxylic acid groups (broad SMARTS) is 1. The Morgan fingerprint density at radius 1 is 0.976 bits per heavy atom. The summed E-state index contributed by atoms with van der Waals surface area (Å²) in [5.41, 5.74) is 8.67. The Morgan fingerprint density at radius 3 is 2.63 bits per heavy atom. The van der Waals surface area contributed by atoms with Crippen molar-refractivity contribution in [3.8, 4) is 5.75 Å². The summed E-state index contributed by atoms with van der Waals surface area (Å²) in [5.74, 6) is -0.447. The number of aryl methyl sites for hydroxylation is 3. The first-order valence-corrected chi connectivity index (χ1v) is 14.6. The number of carboxylic acids is 1. The molecule has 1 amide bonds. The van der Waals surface area contributed by atoms with Gasteiger partial charge in [-0.15, -0.1) is 5.10 Å². The Labute approximate surface area is 239 Å². The molecule has 5 aliphatic heterocycles. The minimum absolute atomic E-state index is 0.0143. The maximum atomic E-state index is 13.6. The summed E-state index contributed by atoms with van der Waals surface area (Å²) in [5, 5.41) is 18.9. The van der Waals surface area contributed by atoms with Crippen LogP contribution in [0.25, 0.3) is 11.0 Å². The monoisotopic (exact) mass is 552 g/mol. The van der Waals surface area contributed by atoms with Gasteiger partial charge < -0.3 is 14.7 Å². The van der Waals surface area contributed by atoms with Crippen LogP contribution in [0.15, 0.2) is 48.5 Å². The van der Waals surface area contributed by atoms with Crippen LogP contribution in [0.4, 0.5) is 0 Å². The number of amides is 1. The average Bonchev–Trinajstić information content (AvgIpc) is 3.40. The van der Waals surface area contributed by atoms with E-state index in [4.69, 9.17) is 4.74 Å². The molecule has 9 bridgehead atoms. The fraction of sp³-hybridized carbons (Fsp3) is 0.394. The molecule has 5 aliphatic rings. The Kier molecular flexibility index (Phi) is 7.47. The first-order valence-electron chi connectivity index (χ1n) is 14.6. The van der Waals surface area contributed by atoms with E-state index >= 15 is 0 Å².